The Labute approximate surface area is 84.4 Å². The first kappa shape index (κ1) is 10.4. The van der Waals surface area contributed by atoms with Crippen LogP contribution in [0.5, 0.6) is 5.75 Å². The van der Waals surface area contributed by atoms with E-state index >= 15 is 0 Å². The minimum atomic E-state index is 0.0227. The lowest BCUT2D eigenvalue weighted by molar-refractivity contribution is 0.473. The highest BCUT2D eigenvalue weighted by Gasteiger charge is 2.20. The van der Waals surface area contributed by atoms with Crippen LogP contribution in [0.15, 0.2) is 12.1 Å². The zero-order chi connectivity index (χ0) is 10.2. The van der Waals surface area contributed by atoms with Gasteiger partial charge in [-0.1, -0.05) is 32.4 Å². The Morgan fingerprint density at radius 2 is 1.77 bits per heavy atom. The summed E-state index contributed by atoms with van der Waals surface area (Å²) >= 11 is 6.06. The van der Waals surface area contributed by atoms with Gasteiger partial charge in [0, 0.05) is 5.02 Å². The van der Waals surface area contributed by atoms with Crippen molar-refractivity contribution in [3.8, 4) is 5.75 Å². The fourth-order valence-corrected chi connectivity index (χ4v) is 2.22. The molecule has 1 rings (SSSR count). The topological polar surface area (TPSA) is 20.2 Å². The Balaban J connectivity index is 3.38. The van der Waals surface area contributed by atoms with Gasteiger partial charge in [-0.05, 0) is 35.6 Å². The van der Waals surface area contributed by atoms with Gasteiger partial charge < -0.3 is 5.11 Å². The third-order valence-corrected chi connectivity index (χ3v) is 2.32. The molecular formula is C11H15ClO. The molecule has 0 bridgehead atoms. The van der Waals surface area contributed by atoms with Crippen molar-refractivity contribution in [1.82, 2.24) is 0 Å². The van der Waals surface area contributed by atoms with Crippen LogP contribution in [0.3, 0.4) is 0 Å². The molecule has 0 spiro atoms. The Morgan fingerprint density at radius 3 is 2.15 bits per heavy atom. The highest BCUT2D eigenvalue weighted by atomic mass is 35.5. The lowest BCUT2D eigenvalue weighted by Crippen LogP contribution is -2.13. The van der Waals surface area contributed by atoms with E-state index in [1.807, 2.05) is 6.92 Å². The van der Waals surface area contributed by atoms with E-state index in [2.05, 4.69) is 20.8 Å². The van der Waals surface area contributed by atoms with Gasteiger partial charge >= 0.3 is 0 Å². The van der Waals surface area contributed by atoms with E-state index in [0.29, 0.717) is 5.02 Å². The monoisotopic (exact) mass is 198 g/mol. The smallest absolute Gasteiger partial charge is 0.117 e. The van der Waals surface area contributed by atoms with Crippen molar-refractivity contribution >= 4 is 11.6 Å². The van der Waals surface area contributed by atoms with Gasteiger partial charge in [0.25, 0.3) is 0 Å². The molecule has 0 heterocycles. The van der Waals surface area contributed by atoms with Gasteiger partial charge in [0.05, 0.1) is 0 Å². The Bertz CT molecular complexity index is 300. The molecule has 1 N–H and O–H groups in total. The molecule has 0 fully saturated rings. The number of aromatic hydroxyl groups is 1. The number of phenols is 1. The van der Waals surface area contributed by atoms with Crippen molar-refractivity contribution in [2.24, 2.45) is 0 Å². The van der Waals surface area contributed by atoms with Crippen LogP contribution >= 0.6 is 11.6 Å². The van der Waals surface area contributed by atoms with Crippen molar-refractivity contribution in [1.29, 1.82) is 0 Å². The summed E-state index contributed by atoms with van der Waals surface area (Å²) in [5.74, 6) is 0.232. The zero-order valence-electron chi connectivity index (χ0n) is 8.48. The maximum absolute atomic E-state index is 9.30. The molecule has 13 heavy (non-hydrogen) atoms. The molecule has 0 aliphatic rings. The van der Waals surface area contributed by atoms with E-state index in [9.17, 15) is 5.11 Å². The predicted molar refractivity (Wildman–Crippen MR) is 56.6 cm³/mol. The van der Waals surface area contributed by atoms with Gasteiger partial charge in [0.1, 0.15) is 5.75 Å². The second-order valence-electron chi connectivity index (χ2n) is 4.37. The van der Waals surface area contributed by atoms with Crippen LogP contribution in [0, 0.1) is 6.92 Å². The minimum Gasteiger partial charge on any atom is -0.508 e. The van der Waals surface area contributed by atoms with Gasteiger partial charge in [-0.15, -0.1) is 0 Å². The molecule has 0 atom stereocenters. The molecule has 0 aliphatic carbocycles. The summed E-state index contributed by atoms with van der Waals surface area (Å²) in [6.45, 7) is 8.29. The number of halogens is 1. The summed E-state index contributed by atoms with van der Waals surface area (Å²) in [5.41, 5.74) is 2.17. The van der Waals surface area contributed by atoms with Crippen molar-refractivity contribution in [3.63, 3.8) is 0 Å². The predicted octanol–water partition coefficient (Wildman–Crippen LogP) is 3.65. The summed E-state index contributed by atoms with van der Waals surface area (Å²) < 4.78 is 0. The van der Waals surface area contributed by atoms with E-state index in [1.165, 1.54) is 0 Å². The van der Waals surface area contributed by atoms with Gasteiger partial charge in [-0.2, -0.15) is 0 Å². The van der Waals surface area contributed by atoms with E-state index < -0.39 is 0 Å². The summed E-state index contributed by atoms with van der Waals surface area (Å²) in [7, 11) is 0. The van der Waals surface area contributed by atoms with Gasteiger partial charge in [-0.25, -0.2) is 0 Å². The van der Waals surface area contributed by atoms with Gasteiger partial charge in [-0.3, -0.25) is 0 Å². The molecule has 0 saturated heterocycles. The normalized spacial score (nSPS) is 11.8. The third-order valence-electron chi connectivity index (χ3n) is 2.02. The highest BCUT2D eigenvalue weighted by molar-refractivity contribution is 6.31. The molecule has 0 saturated carbocycles. The van der Waals surface area contributed by atoms with Crippen LogP contribution < -0.4 is 0 Å². The number of rotatable bonds is 0. The van der Waals surface area contributed by atoms with Crippen LogP contribution in [-0.4, -0.2) is 5.11 Å². The third kappa shape index (κ3) is 2.16. The molecule has 0 unspecified atom stereocenters. The summed E-state index contributed by atoms with van der Waals surface area (Å²) in [5, 5.41) is 9.94. The summed E-state index contributed by atoms with van der Waals surface area (Å²) in [4.78, 5) is 0. The number of hydrogen-bond donors (Lipinski definition) is 1. The quantitative estimate of drug-likeness (QED) is 0.675. The maximum atomic E-state index is 9.30. The first-order chi connectivity index (χ1) is 5.82. The summed E-state index contributed by atoms with van der Waals surface area (Å²) in [6.07, 6.45) is 0. The van der Waals surface area contributed by atoms with Gasteiger partial charge in [0.15, 0.2) is 0 Å². The lowest BCUT2D eigenvalue weighted by atomic mass is 9.84. The fraction of sp³-hybridized carbons (Fsp3) is 0.455. The molecule has 72 valence electrons. The second kappa shape index (κ2) is 3.22. The van der Waals surface area contributed by atoms with Crippen LogP contribution in [0.1, 0.15) is 31.9 Å². The molecular weight excluding hydrogens is 184 g/mol. The fourth-order valence-electron chi connectivity index (χ4n) is 1.68. The average Bonchev–Trinajstić information content (AvgIpc) is 1.78. The Kier molecular flexibility index (Phi) is 2.58. The minimum absolute atomic E-state index is 0.0227. The van der Waals surface area contributed by atoms with E-state index in [-0.39, 0.29) is 11.2 Å². The number of benzene rings is 1. The van der Waals surface area contributed by atoms with Crippen LogP contribution in [-0.2, 0) is 5.41 Å². The Morgan fingerprint density at radius 1 is 1.23 bits per heavy atom. The average molecular weight is 199 g/mol. The maximum Gasteiger partial charge on any atom is 0.117 e. The Hall–Kier alpha value is -0.690. The van der Waals surface area contributed by atoms with Crippen molar-refractivity contribution < 1.29 is 5.11 Å². The largest absolute Gasteiger partial charge is 0.508 e. The SMILES string of the molecule is Cc1cc(O)cc(Cl)c1C(C)(C)C. The van der Waals surface area contributed by atoms with E-state index in [1.54, 1.807) is 12.1 Å². The molecule has 0 amide bonds. The van der Waals surface area contributed by atoms with Crippen LogP contribution in [0.4, 0.5) is 0 Å². The van der Waals surface area contributed by atoms with E-state index in [0.717, 1.165) is 11.1 Å². The molecule has 0 radical (unpaired) electrons. The molecule has 1 aromatic rings. The number of phenolic OH excluding ortho intramolecular Hbond substituents is 1. The van der Waals surface area contributed by atoms with Gasteiger partial charge in [0.2, 0.25) is 0 Å². The molecule has 0 aliphatic heterocycles. The molecule has 0 aromatic heterocycles. The van der Waals surface area contributed by atoms with Crippen molar-refractivity contribution in [2.45, 2.75) is 33.1 Å². The first-order valence-corrected chi connectivity index (χ1v) is 4.70. The standard InChI is InChI=1S/C11H15ClO/c1-7-5-8(13)6-9(12)10(7)11(2,3)4/h5-6,13H,1-4H3. The second-order valence-corrected chi connectivity index (χ2v) is 4.78. The highest BCUT2D eigenvalue weighted by Crippen LogP contribution is 2.34. The van der Waals surface area contributed by atoms with Crippen LogP contribution in [0.25, 0.3) is 0 Å². The first-order valence-electron chi connectivity index (χ1n) is 4.32. The van der Waals surface area contributed by atoms with Crippen molar-refractivity contribution in [3.05, 3.63) is 28.3 Å². The number of aryl methyl sites for hydroxylation is 1. The summed E-state index contributed by atoms with van der Waals surface area (Å²) in [6, 6.07) is 3.33. The van der Waals surface area contributed by atoms with Crippen LogP contribution in [0.2, 0.25) is 5.02 Å². The van der Waals surface area contributed by atoms with Crippen molar-refractivity contribution in [2.75, 3.05) is 0 Å². The van der Waals surface area contributed by atoms with E-state index in [4.69, 9.17) is 11.6 Å². The lowest BCUT2D eigenvalue weighted by Gasteiger charge is -2.23. The zero-order valence-corrected chi connectivity index (χ0v) is 9.24. The molecule has 1 nitrogen and oxygen atoms in total. The molecule has 1 aromatic carbocycles. The number of hydrogen-bond acceptors (Lipinski definition) is 1. The molecule has 2 heteroatoms.